The number of benzene rings is 1. The molecule has 2 heterocycles. The highest BCUT2D eigenvalue weighted by atomic mass is 16.6. The van der Waals surface area contributed by atoms with Crippen LogP contribution in [0.25, 0.3) is 11.3 Å². The number of rotatable bonds is 3. The van der Waals surface area contributed by atoms with Crippen LogP contribution in [-0.4, -0.2) is 61.3 Å². The third kappa shape index (κ3) is 2.87. The Hall–Kier alpha value is -1.84. The molecular formula is C15H20N3O5+. The van der Waals surface area contributed by atoms with Gasteiger partial charge in [-0.3, -0.25) is 0 Å². The van der Waals surface area contributed by atoms with Gasteiger partial charge in [-0.05, 0) is 0 Å². The quantitative estimate of drug-likeness (QED) is 0.504. The van der Waals surface area contributed by atoms with Crippen molar-refractivity contribution in [3.63, 3.8) is 0 Å². The fourth-order valence-corrected chi connectivity index (χ4v) is 2.73. The highest BCUT2D eigenvalue weighted by Gasteiger charge is 2.47. The summed E-state index contributed by atoms with van der Waals surface area (Å²) in [5, 5.41) is 43.4. The van der Waals surface area contributed by atoms with Crippen molar-refractivity contribution in [3.05, 3.63) is 36.5 Å². The van der Waals surface area contributed by atoms with Gasteiger partial charge in [-0.2, -0.15) is 0 Å². The summed E-state index contributed by atoms with van der Waals surface area (Å²) in [5.74, 6) is 0. The minimum atomic E-state index is -1.43. The van der Waals surface area contributed by atoms with Crippen LogP contribution in [0.4, 0.5) is 0 Å². The fraction of sp³-hybridized carbons (Fsp3) is 0.467. The van der Waals surface area contributed by atoms with Crippen LogP contribution in [0.15, 0.2) is 36.5 Å². The molecule has 4 N–H and O–H groups in total. The third-order valence-electron chi connectivity index (χ3n) is 4.04. The van der Waals surface area contributed by atoms with Crippen LogP contribution in [0.2, 0.25) is 0 Å². The van der Waals surface area contributed by atoms with E-state index in [0.29, 0.717) is 0 Å². The molecule has 0 amide bonds. The molecule has 1 aliphatic heterocycles. The first kappa shape index (κ1) is 16.0. The largest absolute Gasteiger partial charge is 0.394 e. The second-order valence-electron chi connectivity index (χ2n) is 5.59. The molecule has 3 rings (SSSR count). The topological polar surface area (TPSA) is 112 Å². The van der Waals surface area contributed by atoms with Crippen molar-refractivity contribution < 1.29 is 29.8 Å². The molecular weight excluding hydrogens is 302 g/mol. The van der Waals surface area contributed by atoms with Crippen molar-refractivity contribution in [3.8, 4) is 11.3 Å². The number of aromatic nitrogens is 3. The number of ether oxygens (including phenoxy) is 1. The van der Waals surface area contributed by atoms with Crippen molar-refractivity contribution in [2.75, 3.05) is 6.61 Å². The Morgan fingerprint density at radius 2 is 1.83 bits per heavy atom. The van der Waals surface area contributed by atoms with E-state index < -0.39 is 37.3 Å². The molecule has 1 saturated heterocycles. The first-order valence-corrected chi connectivity index (χ1v) is 7.34. The fourth-order valence-electron chi connectivity index (χ4n) is 2.73. The lowest BCUT2D eigenvalue weighted by Gasteiger charge is -2.37. The maximum Gasteiger partial charge on any atom is 0.253 e. The number of aliphatic hydroxyl groups is 4. The van der Waals surface area contributed by atoms with Gasteiger partial charge in [0.2, 0.25) is 0 Å². The monoisotopic (exact) mass is 322 g/mol. The summed E-state index contributed by atoms with van der Waals surface area (Å²) < 4.78 is 8.50. The second kappa shape index (κ2) is 6.34. The van der Waals surface area contributed by atoms with E-state index in [2.05, 4.69) is 5.21 Å². The molecule has 0 aliphatic carbocycles. The maximum atomic E-state index is 10.2. The standard InChI is InChI=1S/C15H20N3O5/c1-17-10(9-5-3-2-4-6-9)7-18(16-17)15-14(22)13(21)12(20)11(8-19)23-15/h2-7,11-15,19-22H,8H2,1H3/q+1/t11-,12+,13+,14-,15-/m1/s1. The predicted octanol–water partition coefficient (Wildman–Crippen LogP) is -1.65. The number of hydrogen-bond donors (Lipinski definition) is 4. The minimum absolute atomic E-state index is 0.472. The molecule has 0 spiro atoms. The Morgan fingerprint density at radius 1 is 1.13 bits per heavy atom. The van der Waals surface area contributed by atoms with Crippen molar-refractivity contribution in [2.45, 2.75) is 30.6 Å². The van der Waals surface area contributed by atoms with Gasteiger partial charge in [0.25, 0.3) is 6.23 Å². The Morgan fingerprint density at radius 3 is 2.48 bits per heavy atom. The summed E-state index contributed by atoms with van der Waals surface area (Å²) in [6, 6.07) is 9.57. The van der Waals surface area contributed by atoms with Crippen LogP contribution in [0, 0.1) is 0 Å². The van der Waals surface area contributed by atoms with E-state index in [9.17, 15) is 20.4 Å². The average Bonchev–Trinajstić information content (AvgIpc) is 2.95. The van der Waals surface area contributed by atoms with E-state index >= 15 is 0 Å². The van der Waals surface area contributed by atoms with Gasteiger partial charge >= 0.3 is 0 Å². The first-order valence-electron chi connectivity index (χ1n) is 7.34. The summed E-state index contributed by atoms with van der Waals surface area (Å²) in [7, 11) is 1.75. The lowest BCUT2D eigenvalue weighted by atomic mass is 9.98. The maximum absolute atomic E-state index is 10.2. The normalized spacial score (nSPS) is 31.3. The lowest BCUT2D eigenvalue weighted by Crippen LogP contribution is -2.63. The van der Waals surface area contributed by atoms with E-state index in [1.165, 1.54) is 4.68 Å². The summed E-state index contributed by atoms with van der Waals surface area (Å²) in [4.78, 5) is 0. The smallest absolute Gasteiger partial charge is 0.253 e. The number of aliphatic hydroxyl groups excluding tert-OH is 4. The van der Waals surface area contributed by atoms with E-state index in [-0.39, 0.29) is 0 Å². The van der Waals surface area contributed by atoms with Crippen molar-refractivity contribution in [1.29, 1.82) is 0 Å². The Kier molecular flexibility index (Phi) is 4.42. The van der Waals surface area contributed by atoms with Crippen LogP contribution >= 0.6 is 0 Å². The molecule has 1 aromatic carbocycles. The van der Waals surface area contributed by atoms with E-state index in [1.807, 2.05) is 30.3 Å². The molecule has 0 radical (unpaired) electrons. The molecule has 1 aliphatic rings. The molecule has 1 aromatic heterocycles. The summed E-state index contributed by atoms with van der Waals surface area (Å²) in [6.07, 6.45) is -4.47. The second-order valence-corrected chi connectivity index (χ2v) is 5.59. The molecule has 0 unspecified atom stereocenters. The van der Waals surface area contributed by atoms with Gasteiger partial charge in [-0.15, -0.1) is 9.36 Å². The molecule has 23 heavy (non-hydrogen) atoms. The van der Waals surface area contributed by atoms with E-state index in [4.69, 9.17) is 4.74 Å². The van der Waals surface area contributed by atoms with Gasteiger partial charge in [0.1, 0.15) is 25.4 Å². The minimum Gasteiger partial charge on any atom is -0.394 e. The zero-order valence-electron chi connectivity index (χ0n) is 12.6. The van der Waals surface area contributed by atoms with Gasteiger partial charge in [0, 0.05) is 5.56 Å². The number of hydrogen-bond acceptors (Lipinski definition) is 6. The van der Waals surface area contributed by atoms with Crippen LogP contribution < -0.4 is 4.68 Å². The summed E-state index contributed by atoms with van der Waals surface area (Å²) in [5.41, 5.74) is 1.73. The zero-order valence-corrected chi connectivity index (χ0v) is 12.6. The lowest BCUT2D eigenvalue weighted by molar-refractivity contribution is -0.825. The molecule has 8 nitrogen and oxygen atoms in total. The number of nitrogens with zero attached hydrogens (tertiary/aromatic N) is 3. The highest BCUT2D eigenvalue weighted by molar-refractivity contribution is 5.57. The molecule has 124 valence electrons. The molecule has 5 atom stereocenters. The Bertz CT molecular complexity index is 660. The highest BCUT2D eigenvalue weighted by Crippen LogP contribution is 2.25. The molecule has 0 saturated carbocycles. The summed E-state index contributed by atoms with van der Waals surface area (Å²) >= 11 is 0. The first-order chi connectivity index (χ1) is 11.0. The van der Waals surface area contributed by atoms with E-state index in [1.54, 1.807) is 17.9 Å². The molecule has 8 heteroatoms. The molecule has 1 fully saturated rings. The predicted molar refractivity (Wildman–Crippen MR) is 77.9 cm³/mol. The van der Waals surface area contributed by atoms with Gasteiger partial charge in [0.15, 0.2) is 18.0 Å². The average molecular weight is 322 g/mol. The summed E-state index contributed by atoms with van der Waals surface area (Å²) in [6.45, 7) is -0.472. The SMILES string of the molecule is Cn1n[n+]([C@@H]2O[C@H](CO)[C@H](O)[C@H](O)[C@H]2O)cc1-c1ccccc1. The van der Waals surface area contributed by atoms with Crippen LogP contribution in [-0.2, 0) is 11.8 Å². The van der Waals surface area contributed by atoms with Gasteiger partial charge in [0.05, 0.1) is 11.8 Å². The van der Waals surface area contributed by atoms with Crippen LogP contribution in [0.5, 0.6) is 0 Å². The van der Waals surface area contributed by atoms with Gasteiger partial charge < -0.3 is 25.2 Å². The van der Waals surface area contributed by atoms with Crippen molar-refractivity contribution >= 4 is 0 Å². The zero-order chi connectivity index (χ0) is 16.6. The number of aryl methyl sites for hydroxylation is 1. The van der Waals surface area contributed by atoms with Crippen molar-refractivity contribution in [1.82, 2.24) is 9.90 Å². The van der Waals surface area contributed by atoms with Crippen LogP contribution in [0.3, 0.4) is 0 Å². The third-order valence-corrected chi connectivity index (χ3v) is 4.04. The van der Waals surface area contributed by atoms with Crippen molar-refractivity contribution in [2.24, 2.45) is 7.05 Å². The Balaban J connectivity index is 1.93. The van der Waals surface area contributed by atoms with Gasteiger partial charge in [-0.25, -0.2) is 0 Å². The van der Waals surface area contributed by atoms with Gasteiger partial charge in [-0.1, -0.05) is 30.3 Å². The molecule has 0 bridgehead atoms. The molecule has 2 aromatic rings. The Labute approximate surface area is 132 Å². The van der Waals surface area contributed by atoms with Crippen LogP contribution in [0.1, 0.15) is 6.23 Å². The van der Waals surface area contributed by atoms with E-state index in [0.717, 1.165) is 11.3 Å².